The average Bonchev–Trinajstić information content (AvgIpc) is 3.08. The first kappa shape index (κ1) is 13.3. The van der Waals surface area contributed by atoms with E-state index in [4.69, 9.17) is 4.74 Å². The highest BCUT2D eigenvalue weighted by atomic mass is 16.5. The van der Waals surface area contributed by atoms with Crippen LogP contribution in [-0.4, -0.2) is 17.7 Å². The summed E-state index contributed by atoms with van der Waals surface area (Å²) in [5, 5.41) is 3.45. The van der Waals surface area contributed by atoms with Crippen LogP contribution in [0, 0.1) is 0 Å². The van der Waals surface area contributed by atoms with Crippen molar-refractivity contribution in [2.45, 2.75) is 32.4 Å². The van der Waals surface area contributed by atoms with Gasteiger partial charge in [0.1, 0.15) is 5.75 Å². The highest BCUT2D eigenvalue weighted by Crippen LogP contribution is 2.34. The molecule has 2 unspecified atom stereocenters. The Morgan fingerprint density at radius 2 is 2.20 bits per heavy atom. The van der Waals surface area contributed by atoms with Gasteiger partial charge < -0.3 is 14.6 Å². The third-order valence-corrected chi connectivity index (χ3v) is 4.01. The van der Waals surface area contributed by atoms with Crippen molar-refractivity contribution >= 4 is 0 Å². The quantitative estimate of drug-likeness (QED) is 0.902. The van der Waals surface area contributed by atoms with Gasteiger partial charge in [-0.25, -0.2) is 0 Å². The lowest BCUT2D eigenvalue weighted by Gasteiger charge is -2.12. The molecule has 1 aromatic heterocycles. The van der Waals surface area contributed by atoms with E-state index >= 15 is 0 Å². The second-order valence-corrected chi connectivity index (χ2v) is 5.47. The maximum Gasteiger partial charge on any atom is 0.122 e. The molecule has 3 rings (SSSR count). The van der Waals surface area contributed by atoms with Crippen molar-refractivity contribution in [2.75, 3.05) is 13.2 Å². The molecule has 0 bridgehead atoms. The minimum absolute atomic E-state index is 0.411. The molecule has 0 saturated carbocycles. The summed E-state index contributed by atoms with van der Waals surface area (Å²) in [5.74, 6) is 1.51. The third-order valence-electron chi connectivity index (χ3n) is 4.01. The van der Waals surface area contributed by atoms with Gasteiger partial charge in [0.2, 0.25) is 0 Å². The van der Waals surface area contributed by atoms with E-state index in [0.717, 1.165) is 25.4 Å². The normalized spacial score (nSPS) is 18.6. The molecule has 3 nitrogen and oxygen atoms in total. The summed E-state index contributed by atoms with van der Waals surface area (Å²) in [6.07, 6.45) is 4.42. The number of fused-ring (bicyclic) bond motifs is 1. The van der Waals surface area contributed by atoms with Crippen molar-refractivity contribution in [1.29, 1.82) is 0 Å². The van der Waals surface area contributed by atoms with E-state index < -0.39 is 0 Å². The zero-order valence-corrected chi connectivity index (χ0v) is 12.2. The Morgan fingerprint density at radius 3 is 3.05 bits per heavy atom. The lowest BCUT2D eigenvalue weighted by atomic mass is 10.0. The number of benzene rings is 1. The first-order valence-electron chi connectivity index (χ1n) is 7.38. The van der Waals surface area contributed by atoms with E-state index in [9.17, 15) is 0 Å². The molecule has 2 aromatic rings. The first-order chi connectivity index (χ1) is 9.78. The van der Waals surface area contributed by atoms with Gasteiger partial charge in [-0.05, 0) is 31.2 Å². The van der Waals surface area contributed by atoms with Gasteiger partial charge in [0, 0.05) is 36.5 Å². The van der Waals surface area contributed by atoms with E-state index in [-0.39, 0.29) is 0 Å². The van der Waals surface area contributed by atoms with Gasteiger partial charge >= 0.3 is 0 Å². The minimum Gasteiger partial charge on any atom is -0.493 e. The van der Waals surface area contributed by atoms with Crippen LogP contribution in [0.1, 0.15) is 36.9 Å². The summed E-state index contributed by atoms with van der Waals surface area (Å²) in [5.41, 5.74) is 2.68. The molecule has 0 radical (unpaired) electrons. The van der Waals surface area contributed by atoms with Gasteiger partial charge in [0.15, 0.2) is 0 Å². The van der Waals surface area contributed by atoms with E-state index in [2.05, 4.69) is 60.4 Å². The average molecular weight is 270 g/mol. The van der Waals surface area contributed by atoms with Crippen LogP contribution in [0.3, 0.4) is 0 Å². The van der Waals surface area contributed by atoms with E-state index in [1.807, 2.05) is 6.07 Å². The van der Waals surface area contributed by atoms with Crippen molar-refractivity contribution in [3.8, 4) is 5.75 Å². The van der Waals surface area contributed by atoms with Crippen molar-refractivity contribution in [3.05, 3.63) is 53.9 Å². The number of ether oxygens (including phenoxy) is 1. The zero-order chi connectivity index (χ0) is 13.9. The number of nitrogens with one attached hydrogen (secondary N) is 1. The molecule has 1 N–H and O–H groups in total. The van der Waals surface area contributed by atoms with Crippen molar-refractivity contribution in [3.63, 3.8) is 0 Å². The number of hydrogen-bond donors (Lipinski definition) is 1. The van der Waals surface area contributed by atoms with E-state index in [0.29, 0.717) is 12.0 Å². The highest BCUT2D eigenvalue weighted by molar-refractivity contribution is 5.39. The summed E-state index contributed by atoms with van der Waals surface area (Å²) in [4.78, 5) is 0. The van der Waals surface area contributed by atoms with Crippen LogP contribution < -0.4 is 10.1 Å². The zero-order valence-electron chi connectivity index (χ0n) is 12.2. The Hall–Kier alpha value is -1.74. The fourth-order valence-corrected chi connectivity index (χ4v) is 2.89. The Morgan fingerprint density at radius 1 is 1.35 bits per heavy atom. The van der Waals surface area contributed by atoms with Crippen LogP contribution >= 0.6 is 0 Å². The predicted octanol–water partition coefficient (Wildman–Crippen LogP) is 3.33. The fourth-order valence-electron chi connectivity index (χ4n) is 2.89. The molecular formula is C17H22N2O. The first-order valence-corrected chi connectivity index (χ1v) is 7.38. The Balaban J connectivity index is 1.70. The number of rotatable bonds is 5. The summed E-state index contributed by atoms with van der Waals surface area (Å²) in [7, 11) is 0. The molecule has 0 aliphatic carbocycles. The predicted molar refractivity (Wildman–Crippen MR) is 81.2 cm³/mol. The van der Waals surface area contributed by atoms with Gasteiger partial charge in [0.25, 0.3) is 0 Å². The number of nitrogens with zero attached hydrogens (tertiary/aromatic N) is 1. The molecule has 2 heterocycles. The van der Waals surface area contributed by atoms with Crippen LogP contribution in [0.5, 0.6) is 5.75 Å². The maximum absolute atomic E-state index is 5.75. The maximum atomic E-state index is 5.75. The van der Waals surface area contributed by atoms with Crippen molar-refractivity contribution < 1.29 is 4.74 Å². The third kappa shape index (κ3) is 2.59. The number of hydrogen-bond acceptors (Lipinski definition) is 2. The Bertz CT molecular complexity index is 576. The van der Waals surface area contributed by atoms with Crippen LogP contribution in [-0.2, 0) is 6.54 Å². The monoisotopic (exact) mass is 270 g/mol. The lowest BCUT2D eigenvalue weighted by Crippen LogP contribution is -2.17. The molecule has 2 atom stereocenters. The molecule has 20 heavy (non-hydrogen) atoms. The second kappa shape index (κ2) is 5.71. The van der Waals surface area contributed by atoms with Gasteiger partial charge in [-0.3, -0.25) is 0 Å². The summed E-state index contributed by atoms with van der Waals surface area (Å²) in [6.45, 7) is 7.11. The fraction of sp³-hybridized carbons (Fsp3) is 0.412. The molecule has 0 saturated heterocycles. The van der Waals surface area contributed by atoms with E-state index in [1.165, 1.54) is 11.1 Å². The molecule has 0 fully saturated rings. The highest BCUT2D eigenvalue weighted by Gasteiger charge is 2.23. The minimum atomic E-state index is 0.411. The molecule has 106 valence electrons. The van der Waals surface area contributed by atoms with Crippen LogP contribution in [0.25, 0.3) is 0 Å². The Labute approximate surface area is 120 Å². The molecule has 0 amide bonds. The molecule has 0 spiro atoms. The van der Waals surface area contributed by atoms with Gasteiger partial charge in [-0.15, -0.1) is 0 Å². The van der Waals surface area contributed by atoms with Crippen molar-refractivity contribution in [1.82, 2.24) is 9.88 Å². The molecule has 1 aliphatic heterocycles. The Kier molecular flexibility index (Phi) is 3.79. The molecular weight excluding hydrogens is 248 g/mol. The second-order valence-electron chi connectivity index (χ2n) is 5.47. The molecule has 1 aromatic carbocycles. The van der Waals surface area contributed by atoms with Gasteiger partial charge in [0.05, 0.1) is 6.61 Å². The SMILES string of the molecule is CCNC(C)c1ccn(CC2COc3ccccc32)c1. The molecule has 1 aliphatic rings. The summed E-state index contributed by atoms with van der Waals surface area (Å²) in [6, 6.07) is 11.0. The standard InChI is InChI=1S/C17H22N2O/c1-3-18-13(2)14-8-9-19(10-14)11-15-12-20-17-7-5-4-6-16(15)17/h4-10,13,15,18H,3,11-12H2,1-2H3. The van der Waals surface area contributed by atoms with Crippen molar-refractivity contribution in [2.24, 2.45) is 0 Å². The number of aromatic nitrogens is 1. The van der Waals surface area contributed by atoms with Gasteiger partial charge in [-0.2, -0.15) is 0 Å². The van der Waals surface area contributed by atoms with Crippen LogP contribution in [0.2, 0.25) is 0 Å². The topological polar surface area (TPSA) is 26.2 Å². The largest absolute Gasteiger partial charge is 0.493 e. The van der Waals surface area contributed by atoms with E-state index in [1.54, 1.807) is 0 Å². The summed E-state index contributed by atoms with van der Waals surface area (Å²) < 4.78 is 8.03. The van der Waals surface area contributed by atoms with Gasteiger partial charge in [-0.1, -0.05) is 25.1 Å². The lowest BCUT2D eigenvalue weighted by molar-refractivity contribution is 0.319. The molecule has 3 heteroatoms. The summed E-state index contributed by atoms with van der Waals surface area (Å²) >= 11 is 0. The number of para-hydroxylation sites is 1. The van der Waals surface area contributed by atoms with Crippen LogP contribution in [0.15, 0.2) is 42.7 Å². The van der Waals surface area contributed by atoms with Crippen LogP contribution in [0.4, 0.5) is 0 Å². The smallest absolute Gasteiger partial charge is 0.122 e.